The smallest absolute Gasteiger partial charge is 0.0994 e. The first-order valence-corrected chi connectivity index (χ1v) is 4.83. The molecule has 0 amide bonds. The van der Waals surface area contributed by atoms with Crippen LogP contribution in [0.1, 0.15) is 6.92 Å². The van der Waals surface area contributed by atoms with Crippen LogP contribution < -0.4 is 5.32 Å². The van der Waals surface area contributed by atoms with E-state index in [1.165, 1.54) is 0 Å². The predicted molar refractivity (Wildman–Crippen MR) is 54.6 cm³/mol. The second-order valence-corrected chi connectivity index (χ2v) is 3.80. The summed E-state index contributed by atoms with van der Waals surface area (Å²) in [6, 6.07) is -0.115. The molecule has 0 spiro atoms. The monoisotopic (exact) mass is 199 g/mol. The summed E-state index contributed by atoms with van der Waals surface area (Å²) in [7, 11) is 8.98. The number of aliphatic hydroxyl groups excluding tert-OH is 1. The van der Waals surface area contributed by atoms with Gasteiger partial charge in [0.1, 0.15) is 0 Å². The SMILES string of the molecule is [B][C@H](C)C1N[C@H](COC)[C@H](O)C1OC. The topological polar surface area (TPSA) is 50.7 Å². The summed E-state index contributed by atoms with van der Waals surface area (Å²) < 4.78 is 10.2. The number of ether oxygens (including phenoxy) is 2. The third-order valence-electron chi connectivity index (χ3n) is 2.69. The summed E-state index contributed by atoms with van der Waals surface area (Å²) in [6.45, 7) is 2.36. The van der Waals surface area contributed by atoms with Crippen molar-refractivity contribution in [3.8, 4) is 0 Å². The molecule has 1 rings (SSSR count). The van der Waals surface area contributed by atoms with E-state index in [9.17, 15) is 5.11 Å². The molecule has 1 heterocycles. The highest BCUT2D eigenvalue weighted by Gasteiger charge is 2.42. The number of nitrogens with one attached hydrogen (secondary N) is 1. The van der Waals surface area contributed by atoms with Crippen molar-refractivity contribution in [1.82, 2.24) is 5.32 Å². The van der Waals surface area contributed by atoms with Gasteiger partial charge in [-0.2, -0.15) is 0 Å². The zero-order valence-electron chi connectivity index (χ0n) is 8.93. The first-order valence-electron chi connectivity index (χ1n) is 4.83. The van der Waals surface area contributed by atoms with Gasteiger partial charge in [0.25, 0.3) is 0 Å². The lowest BCUT2D eigenvalue weighted by atomic mass is 9.81. The minimum atomic E-state index is -0.559. The fourth-order valence-electron chi connectivity index (χ4n) is 1.95. The molecule has 1 saturated heterocycles. The molecule has 2 N–H and O–H groups in total. The van der Waals surface area contributed by atoms with Gasteiger partial charge < -0.3 is 19.9 Å². The van der Waals surface area contributed by atoms with Gasteiger partial charge in [-0.1, -0.05) is 12.7 Å². The van der Waals surface area contributed by atoms with Crippen LogP contribution in [0.5, 0.6) is 0 Å². The first-order chi connectivity index (χ1) is 6.61. The van der Waals surface area contributed by atoms with Crippen molar-refractivity contribution in [1.29, 1.82) is 0 Å². The highest BCUT2D eigenvalue weighted by atomic mass is 16.5. The molecular weight excluding hydrogens is 181 g/mol. The molecule has 0 aliphatic carbocycles. The first kappa shape index (κ1) is 12.0. The summed E-state index contributed by atoms with van der Waals surface area (Å²) in [5.74, 6) is -0.0588. The zero-order valence-corrected chi connectivity index (χ0v) is 8.93. The number of rotatable bonds is 4. The molecule has 0 saturated carbocycles. The van der Waals surface area contributed by atoms with Crippen molar-refractivity contribution in [3.63, 3.8) is 0 Å². The van der Waals surface area contributed by atoms with Crippen molar-refractivity contribution in [2.24, 2.45) is 0 Å². The van der Waals surface area contributed by atoms with Gasteiger partial charge in [-0.15, -0.1) is 0 Å². The standard InChI is InChI=1S/C9H18BNO3/c1-5(10)7-9(14-3)8(12)6(11-7)4-13-2/h5-9,11-12H,4H2,1-3H3/t5-,6-,7?,8+,9?/m1/s1. The van der Waals surface area contributed by atoms with Crippen LogP contribution in [0.2, 0.25) is 5.82 Å². The van der Waals surface area contributed by atoms with Crippen LogP contribution in [0, 0.1) is 0 Å². The molecule has 0 aromatic carbocycles. The maximum atomic E-state index is 9.88. The Kier molecular flexibility index (Phi) is 4.38. The van der Waals surface area contributed by atoms with Gasteiger partial charge in [-0.3, -0.25) is 0 Å². The van der Waals surface area contributed by atoms with Gasteiger partial charge in [0.15, 0.2) is 0 Å². The lowest BCUT2D eigenvalue weighted by Crippen LogP contribution is -2.38. The Hall–Kier alpha value is -0.0951. The minimum absolute atomic E-state index is 0.0184. The van der Waals surface area contributed by atoms with Crippen LogP contribution in [0.25, 0.3) is 0 Å². The van der Waals surface area contributed by atoms with E-state index in [2.05, 4.69) is 5.32 Å². The van der Waals surface area contributed by atoms with E-state index < -0.39 is 6.10 Å². The second-order valence-electron chi connectivity index (χ2n) is 3.80. The summed E-state index contributed by atoms with van der Waals surface area (Å²) in [5, 5.41) is 13.1. The van der Waals surface area contributed by atoms with E-state index in [-0.39, 0.29) is 24.0 Å². The molecule has 0 aromatic rings. The maximum absolute atomic E-state index is 9.88. The largest absolute Gasteiger partial charge is 0.389 e. The molecule has 4 nitrogen and oxygen atoms in total. The Morgan fingerprint density at radius 2 is 2.14 bits per heavy atom. The molecule has 0 bridgehead atoms. The third-order valence-corrected chi connectivity index (χ3v) is 2.69. The Morgan fingerprint density at radius 1 is 1.50 bits per heavy atom. The summed E-state index contributed by atoms with van der Waals surface area (Å²) in [4.78, 5) is 0. The Balaban J connectivity index is 2.63. The quantitative estimate of drug-likeness (QED) is 0.589. The molecular formula is C9H18BNO3. The van der Waals surface area contributed by atoms with Gasteiger partial charge in [0.2, 0.25) is 0 Å². The van der Waals surface area contributed by atoms with E-state index in [1.807, 2.05) is 6.92 Å². The van der Waals surface area contributed by atoms with E-state index in [1.54, 1.807) is 14.2 Å². The third kappa shape index (κ3) is 2.28. The number of hydrogen-bond acceptors (Lipinski definition) is 4. The van der Waals surface area contributed by atoms with Crippen LogP contribution in [-0.2, 0) is 9.47 Å². The molecule has 80 valence electrons. The van der Waals surface area contributed by atoms with Crippen molar-refractivity contribution in [2.45, 2.75) is 37.0 Å². The zero-order chi connectivity index (χ0) is 10.7. The van der Waals surface area contributed by atoms with Crippen LogP contribution in [0.4, 0.5) is 0 Å². The molecule has 1 aliphatic heterocycles. The number of aliphatic hydroxyl groups is 1. The molecule has 2 unspecified atom stereocenters. The van der Waals surface area contributed by atoms with Crippen LogP contribution in [-0.4, -0.2) is 58.1 Å². The van der Waals surface area contributed by atoms with Crippen LogP contribution >= 0.6 is 0 Å². The Bertz CT molecular complexity index is 179. The van der Waals surface area contributed by atoms with Crippen LogP contribution in [0.15, 0.2) is 0 Å². The Labute approximate surface area is 86.4 Å². The number of methoxy groups -OCH3 is 2. The molecule has 5 heteroatoms. The highest BCUT2D eigenvalue weighted by molar-refractivity contribution is 6.11. The number of hydrogen-bond donors (Lipinski definition) is 2. The van der Waals surface area contributed by atoms with Crippen molar-refractivity contribution in [3.05, 3.63) is 0 Å². The van der Waals surface area contributed by atoms with E-state index in [0.29, 0.717) is 6.61 Å². The fraction of sp³-hybridized carbons (Fsp3) is 1.00. The van der Waals surface area contributed by atoms with Crippen molar-refractivity contribution in [2.75, 3.05) is 20.8 Å². The molecule has 1 aliphatic rings. The van der Waals surface area contributed by atoms with Crippen molar-refractivity contribution < 1.29 is 14.6 Å². The van der Waals surface area contributed by atoms with Gasteiger partial charge in [-0.05, 0) is 0 Å². The highest BCUT2D eigenvalue weighted by Crippen LogP contribution is 2.24. The fourth-order valence-corrected chi connectivity index (χ4v) is 1.95. The summed E-state index contributed by atoms with van der Waals surface area (Å²) in [5.41, 5.74) is 0. The molecule has 14 heavy (non-hydrogen) atoms. The maximum Gasteiger partial charge on any atom is 0.0994 e. The molecule has 1 fully saturated rings. The van der Waals surface area contributed by atoms with Gasteiger partial charge in [0.05, 0.1) is 32.7 Å². The van der Waals surface area contributed by atoms with Crippen molar-refractivity contribution >= 4 is 7.85 Å². The van der Waals surface area contributed by atoms with E-state index in [4.69, 9.17) is 17.3 Å². The minimum Gasteiger partial charge on any atom is -0.389 e. The average molecular weight is 199 g/mol. The molecule has 2 radical (unpaired) electrons. The van der Waals surface area contributed by atoms with Gasteiger partial charge in [-0.25, -0.2) is 0 Å². The molecule has 5 atom stereocenters. The summed E-state index contributed by atoms with van der Waals surface area (Å²) in [6.07, 6.45) is -0.814. The van der Waals surface area contributed by atoms with E-state index in [0.717, 1.165) is 0 Å². The lowest BCUT2D eigenvalue weighted by molar-refractivity contribution is -0.0121. The normalized spacial score (nSPS) is 40.0. The predicted octanol–water partition coefficient (Wildman–Crippen LogP) is -0.674. The van der Waals surface area contributed by atoms with Gasteiger partial charge in [0, 0.05) is 20.3 Å². The summed E-state index contributed by atoms with van der Waals surface area (Å²) >= 11 is 0. The van der Waals surface area contributed by atoms with Crippen LogP contribution in [0.3, 0.4) is 0 Å². The Morgan fingerprint density at radius 3 is 2.50 bits per heavy atom. The second kappa shape index (κ2) is 5.12. The van der Waals surface area contributed by atoms with Gasteiger partial charge >= 0.3 is 0 Å². The van der Waals surface area contributed by atoms with E-state index >= 15 is 0 Å². The molecule has 0 aromatic heterocycles. The average Bonchev–Trinajstić information content (AvgIpc) is 2.44. The lowest BCUT2D eigenvalue weighted by Gasteiger charge is -2.23.